The van der Waals surface area contributed by atoms with Crippen LogP contribution in [0.1, 0.15) is 12.5 Å². The number of anilines is 1. The van der Waals surface area contributed by atoms with Crippen LogP contribution in [0.3, 0.4) is 0 Å². The van der Waals surface area contributed by atoms with E-state index in [1.54, 1.807) is 12.1 Å². The summed E-state index contributed by atoms with van der Waals surface area (Å²) in [5, 5.41) is 10.3. The summed E-state index contributed by atoms with van der Waals surface area (Å²) in [4.78, 5) is 25.2. The Bertz CT molecular complexity index is 503. The predicted octanol–water partition coefficient (Wildman–Crippen LogP) is 1.13. The van der Waals surface area contributed by atoms with E-state index in [0.29, 0.717) is 5.69 Å². The van der Waals surface area contributed by atoms with Crippen molar-refractivity contribution in [2.75, 3.05) is 17.3 Å². The molecule has 0 bridgehead atoms. The van der Waals surface area contributed by atoms with Gasteiger partial charge in [-0.15, -0.1) is 11.6 Å². The fourth-order valence-electron chi connectivity index (χ4n) is 2.19. The molecule has 0 spiro atoms. The summed E-state index contributed by atoms with van der Waals surface area (Å²) in [5.41, 5.74) is -0.463. The first-order chi connectivity index (χ1) is 8.50. The minimum atomic E-state index is -1.96. The lowest BCUT2D eigenvalue weighted by molar-refractivity contribution is -0.149. The molecule has 1 unspecified atom stereocenters. The Morgan fingerprint density at radius 1 is 1.50 bits per heavy atom. The third-order valence-corrected chi connectivity index (χ3v) is 3.39. The maximum Gasteiger partial charge on any atom is 0.267 e. The van der Waals surface area contributed by atoms with E-state index in [1.807, 2.05) is 12.1 Å². The van der Waals surface area contributed by atoms with Gasteiger partial charge in [0.15, 0.2) is 5.78 Å². The third kappa shape index (κ3) is 1.91. The Kier molecular flexibility index (Phi) is 3.41. The number of alkyl halides is 1. The van der Waals surface area contributed by atoms with Gasteiger partial charge in [-0.25, -0.2) is 0 Å². The molecule has 1 aliphatic heterocycles. The highest BCUT2D eigenvalue weighted by atomic mass is 35.5. The van der Waals surface area contributed by atoms with Crippen molar-refractivity contribution in [2.24, 2.45) is 0 Å². The number of amides is 1. The van der Waals surface area contributed by atoms with Gasteiger partial charge in [-0.3, -0.25) is 9.59 Å². The van der Waals surface area contributed by atoms with Gasteiger partial charge in [-0.2, -0.15) is 0 Å². The summed E-state index contributed by atoms with van der Waals surface area (Å²) in [6.07, 6.45) is 0.0239. The summed E-state index contributed by atoms with van der Waals surface area (Å²) in [5.74, 6) is -0.885. The molecule has 0 aromatic heterocycles. The van der Waals surface area contributed by atoms with E-state index in [-0.39, 0.29) is 18.8 Å². The number of rotatable bonds is 3. The second kappa shape index (κ2) is 4.71. The molecule has 96 valence electrons. The van der Waals surface area contributed by atoms with Gasteiger partial charge in [-0.05, 0) is 18.6 Å². The Labute approximate surface area is 110 Å². The lowest BCUT2D eigenvalue weighted by Crippen LogP contribution is -2.58. The molecule has 1 aromatic rings. The Morgan fingerprint density at radius 2 is 2.17 bits per heavy atom. The number of Topliss-reactive ketones (excluding diaryl/α,β-unsaturated/α-hetero) is 1. The second-order valence-corrected chi connectivity index (χ2v) is 4.75. The number of halogens is 1. The highest BCUT2D eigenvalue weighted by Crippen LogP contribution is 2.33. The highest BCUT2D eigenvalue weighted by molar-refractivity contribution is 6.20. The Morgan fingerprint density at radius 3 is 2.78 bits per heavy atom. The van der Waals surface area contributed by atoms with Gasteiger partial charge in [0.05, 0.1) is 0 Å². The molecule has 0 saturated carbocycles. The van der Waals surface area contributed by atoms with Crippen molar-refractivity contribution in [1.29, 1.82) is 0 Å². The van der Waals surface area contributed by atoms with Gasteiger partial charge < -0.3 is 10.0 Å². The number of fused-ring (bicyclic) bond motifs is 1. The van der Waals surface area contributed by atoms with Crippen LogP contribution in [0, 0.1) is 0 Å². The molecule has 1 amide bonds. The summed E-state index contributed by atoms with van der Waals surface area (Å²) >= 11 is 5.68. The molecule has 0 radical (unpaired) electrons. The number of carbonyl (C=O) groups excluding carboxylic acids is 2. The maximum absolute atomic E-state index is 12.2. The molecule has 0 saturated heterocycles. The number of hydrogen-bond donors (Lipinski definition) is 1. The topological polar surface area (TPSA) is 57.6 Å². The Balaban J connectivity index is 2.53. The number of carbonyl (C=O) groups is 2. The van der Waals surface area contributed by atoms with E-state index < -0.39 is 17.3 Å². The molecule has 1 N–H and O–H groups in total. The van der Waals surface area contributed by atoms with Crippen LogP contribution >= 0.6 is 11.6 Å². The molecular formula is C13H14ClNO3. The summed E-state index contributed by atoms with van der Waals surface area (Å²) in [6, 6.07) is 7.22. The minimum Gasteiger partial charge on any atom is -0.373 e. The van der Waals surface area contributed by atoms with E-state index >= 15 is 0 Å². The van der Waals surface area contributed by atoms with Crippen LogP contribution in [0.4, 0.5) is 5.69 Å². The fraction of sp³-hybridized carbons (Fsp3) is 0.385. The van der Waals surface area contributed by atoms with Gasteiger partial charge in [0.25, 0.3) is 5.91 Å². The summed E-state index contributed by atoms with van der Waals surface area (Å²) in [7, 11) is 0. The number of aliphatic hydroxyl groups is 1. The van der Waals surface area contributed by atoms with Crippen molar-refractivity contribution < 1.29 is 14.7 Å². The first-order valence-corrected chi connectivity index (χ1v) is 6.23. The van der Waals surface area contributed by atoms with Gasteiger partial charge in [0.2, 0.25) is 5.60 Å². The molecule has 18 heavy (non-hydrogen) atoms. The van der Waals surface area contributed by atoms with Crippen LogP contribution in [0.15, 0.2) is 24.3 Å². The van der Waals surface area contributed by atoms with Crippen molar-refractivity contribution >= 4 is 29.0 Å². The lowest BCUT2D eigenvalue weighted by Gasteiger charge is -2.37. The van der Waals surface area contributed by atoms with Crippen LogP contribution in [-0.4, -0.2) is 34.8 Å². The van der Waals surface area contributed by atoms with Gasteiger partial charge in [0.1, 0.15) is 0 Å². The predicted molar refractivity (Wildman–Crippen MR) is 68.8 cm³/mol. The monoisotopic (exact) mass is 267 g/mol. The maximum atomic E-state index is 12.2. The summed E-state index contributed by atoms with van der Waals surface area (Å²) in [6.45, 7) is 1.50. The smallest absolute Gasteiger partial charge is 0.267 e. The zero-order chi connectivity index (χ0) is 13.3. The Hall–Kier alpha value is -1.39. The molecule has 1 atom stereocenters. The minimum absolute atomic E-state index is 0.0239. The van der Waals surface area contributed by atoms with E-state index in [0.717, 1.165) is 5.56 Å². The highest BCUT2D eigenvalue weighted by Gasteiger charge is 2.48. The molecule has 5 heteroatoms. The number of hydrogen-bond acceptors (Lipinski definition) is 3. The standard InChI is InChI=1S/C13H14ClNO3/c1-9(16)13(18)8-10-4-2-3-5-11(10)15(7-6-14)12(13)17/h2-5,18H,6-8H2,1H3. The van der Waals surface area contributed by atoms with Gasteiger partial charge in [0, 0.05) is 24.5 Å². The van der Waals surface area contributed by atoms with Crippen molar-refractivity contribution in [3.8, 4) is 0 Å². The number of para-hydroxylation sites is 1. The van der Waals surface area contributed by atoms with Crippen molar-refractivity contribution in [1.82, 2.24) is 0 Å². The van der Waals surface area contributed by atoms with Crippen LogP contribution in [-0.2, 0) is 16.0 Å². The van der Waals surface area contributed by atoms with Crippen molar-refractivity contribution in [3.63, 3.8) is 0 Å². The van der Waals surface area contributed by atoms with Gasteiger partial charge >= 0.3 is 0 Å². The first kappa shape index (κ1) is 13.1. The number of nitrogens with zero attached hydrogens (tertiary/aromatic N) is 1. The van der Waals surface area contributed by atoms with Gasteiger partial charge in [-0.1, -0.05) is 18.2 Å². The molecule has 1 aromatic carbocycles. The van der Waals surface area contributed by atoms with E-state index in [9.17, 15) is 14.7 Å². The SMILES string of the molecule is CC(=O)C1(O)Cc2ccccc2N(CCCl)C1=O. The quantitative estimate of drug-likeness (QED) is 0.660. The molecule has 0 aliphatic carbocycles. The average Bonchev–Trinajstić information content (AvgIpc) is 2.34. The van der Waals surface area contributed by atoms with Crippen LogP contribution < -0.4 is 4.90 Å². The van der Waals surface area contributed by atoms with Crippen molar-refractivity contribution in [3.05, 3.63) is 29.8 Å². The lowest BCUT2D eigenvalue weighted by atomic mass is 9.85. The van der Waals surface area contributed by atoms with E-state index in [1.165, 1.54) is 11.8 Å². The van der Waals surface area contributed by atoms with E-state index in [2.05, 4.69) is 0 Å². The largest absolute Gasteiger partial charge is 0.373 e. The first-order valence-electron chi connectivity index (χ1n) is 5.70. The molecular weight excluding hydrogens is 254 g/mol. The van der Waals surface area contributed by atoms with Crippen LogP contribution in [0.5, 0.6) is 0 Å². The zero-order valence-corrected chi connectivity index (χ0v) is 10.8. The fourth-order valence-corrected chi connectivity index (χ4v) is 2.36. The molecule has 4 nitrogen and oxygen atoms in total. The zero-order valence-electron chi connectivity index (χ0n) is 10.0. The number of benzene rings is 1. The molecule has 2 rings (SSSR count). The normalized spacial score (nSPS) is 22.8. The second-order valence-electron chi connectivity index (χ2n) is 4.37. The molecule has 0 fully saturated rings. The van der Waals surface area contributed by atoms with Crippen LogP contribution in [0.2, 0.25) is 0 Å². The summed E-state index contributed by atoms with van der Waals surface area (Å²) < 4.78 is 0. The third-order valence-electron chi connectivity index (χ3n) is 3.22. The molecule has 1 heterocycles. The van der Waals surface area contributed by atoms with E-state index in [4.69, 9.17) is 11.6 Å². The average molecular weight is 268 g/mol. The van der Waals surface area contributed by atoms with Crippen LogP contribution in [0.25, 0.3) is 0 Å². The molecule has 1 aliphatic rings. The number of ketones is 1. The van der Waals surface area contributed by atoms with Crippen molar-refractivity contribution in [2.45, 2.75) is 18.9 Å².